The lowest BCUT2D eigenvalue weighted by atomic mass is 10.0. The predicted molar refractivity (Wildman–Crippen MR) is 68.3 cm³/mol. The monoisotopic (exact) mass is 233 g/mol. The van der Waals surface area contributed by atoms with Crippen molar-refractivity contribution < 1.29 is 4.74 Å². The molecule has 1 heterocycles. The number of allylic oxidation sites excluding steroid dienone is 1. The second-order valence-electron chi connectivity index (χ2n) is 4.20. The largest absolute Gasteiger partial charge is 0.478 e. The molecular weight excluding hydrogens is 214 g/mol. The second kappa shape index (κ2) is 5.66. The topological polar surface area (TPSA) is 47.0 Å². The number of aromatic nitrogens is 2. The fourth-order valence-electron chi connectivity index (χ4n) is 1.97. The maximum atomic E-state index is 5.41. The fourth-order valence-corrected chi connectivity index (χ4v) is 1.97. The summed E-state index contributed by atoms with van der Waals surface area (Å²) in [6.07, 6.45) is 7.81. The van der Waals surface area contributed by atoms with Gasteiger partial charge in [0.2, 0.25) is 5.88 Å². The Morgan fingerprint density at radius 2 is 2.29 bits per heavy atom. The van der Waals surface area contributed by atoms with Gasteiger partial charge in [-0.1, -0.05) is 12.2 Å². The molecule has 1 aliphatic rings. The van der Waals surface area contributed by atoms with E-state index < -0.39 is 0 Å². The smallest absolute Gasteiger partial charge is 0.218 e. The van der Waals surface area contributed by atoms with Crippen molar-refractivity contribution in [3.8, 4) is 5.88 Å². The van der Waals surface area contributed by atoms with Gasteiger partial charge in [-0.15, -0.1) is 0 Å². The number of anilines is 1. The zero-order chi connectivity index (χ0) is 12.1. The molecule has 1 aliphatic carbocycles. The molecule has 17 heavy (non-hydrogen) atoms. The quantitative estimate of drug-likeness (QED) is 0.812. The van der Waals surface area contributed by atoms with Crippen LogP contribution >= 0.6 is 0 Å². The SMILES string of the molecule is CCOc1cc(NC2CC=CCC2)nc(C)n1. The van der Waals surface area contributed by atoms with Crippen molar-refractivity contribution in [3.63, 3.8) is 0 Å². The van der Waals surface area contributed by atoms with Gasteiger partial charge in [0.1, 0.15) is 11.6 Å². The van der Waals surface area contributed by atoms with Gasteiger partial charge < -0.3 is 10.1 Å². The first kappa shape index (κ1) is 11.9. The van der Waals surface area contributed by atoms with Gasteiger partial charge >= 0.3 is 0 Å². The van der Waals surface area contributed by atoms with Crippen molar-refractivity contribution in [3.05, 3.63) is 24.0 Å². The zero-order valence-electron chi connectivity index (χ0n) is 10.4. The Labute approximate surface area is 102 Å². The number of hydrogen-bond acceptors (Lipinski definition) is 4. The summed E-state index contributed by atoms with van der Waals surface area (Å²) in [6.45, 7) is 4.47. The number of rotatable bonds is 4. The molecule has 0 fully saturated rings. The Balaban J connectivity index is 2.06. The molecule has 1 atom stereocenters. The second-order valence-corrected chi connectivity index (χ2v) is 4.20. The molecule has 1 N–H and O–H groups in total. The summed E-state index contributed by atoms with van der Waals surface area (Å²) in [6, 6.07) is 2.35. The Morgan fingerprint density at radius 1 is 1.41 bits per heavy atom. The molecule has 0 saturated heterocycles. The summed E-state index contributed by atoms with van der Waals surface area (Å²) in [4.78, 5) is 8.61. The maximum Gasteiger partial charge on any atom is 0.218 e. The van der Waals surface area contributed by atoms with E-state index in [-0.39, 0.29) is 0 Å². The van der Waals surface area contributed by atoms with E-state index in [4.69, 9.17) is 4.74 Å². The van der Waals surface area contributed by atoms with E-state index in [2.05, 4.69) is 27.4 Å². The molecule has 0 aliphatic heterocycles. The summed E-state index contributed by atoms with van der Waals surface area (Å²) >= 11 is 0. The van der Waals surface area contributed by atoms with Crippen molar-refractivity contribution in [1.82, 2.24) is 9.97 Å². The number of aryl methyl sites for hydroxylation is 1. The van der Waals surface area contributed by atoms with E-state index in [1.54, 1.807) is 0 Å². The van der Waals surface area contributed by atoms with Crippen LogP contribution in [-0.4, -0.2) is 22.6 Å². The van der Waals surface area contributed by atoms with Crippen LogP contribution in [0.3, 0.4) is 0 Å². The average Bonchev–Trinajstić information content (AvgIpc) is 2.30. The van der Waals surface area contributed by atoms with Gasteiger partial charge in [-0.3, -0.25) is 0 Å². The normalized spacial score (nSPS) is 19.1. The minimum atomic E-state index is 0.476. The molecule has 0 bridgehead atoms. The zero-order valence-corrected chi connectivity index (χ0v) is 10.4. The highest BCUT2D eigenvalue weighted by molar-refractivity contribution is 5.39. The molecule has 4 heteroatoms. The molecule has 0 radical (unpaired) electrons. The van der Waals surface area contributed by atoms with Crippen LogP contribution in [0.25, 0.3) is 0 Å². The van der Waals surface area contributed by atoms with E-state index in [1.165, 1.54) is 0 Å². The van der Waals surface area contributed by atoms with Crippen molar-refractivity contribution in [2.45, 2.75) is 39.2 Å². The van der Waals surface area contributed by atoms with Crippen molar-refractivity contribution in [2.75, 3.05) is 11.9 Å². The number of nitrogens with one attached hydrogen (secondary N) is 1. The highest BCUT2D eigenvalue weighted by Crippen LogP contribution is 2.18. The summed E-state index contributed by atoms with van der Waals surface area (Å²) in [7, 11) is 0. The summed E-state index contributed by atoms with van der Waals surface area (Å²) in [5, 5.41) is 3.44. The fraction of sp³-hybridized carbons (Fsp3) is 0.538. The molecule has 0 aromatic carbocycles. The number of hydrogen-bond donors (Lipinski definition) is 1. The van der Waals surface area contributed by atoms with Gasteiger partial charge in [0.15, 0.2) is 0 Å². The third-order valence-electron chi connectivity index (χ3n) is 2.73. The van der Waals surface area contributed by atoms with Crippen LogP contribution < -0.4 is 10.1 Å². The van der Waals surface area contributed by atoms with Gasteiger partial charge in [-0.25, -0.2) is 4.98 Å². The summed E-state index contributed by atoms with van der Waals surface area (Å²) < 4.78 is 5.41. The molecule has 4 nitrogen and oxygen atoms in total. The Hall–Kier alpha value is -1.58. The molecule has 2 rings (SSSR count). The molecule has 0 amide bonds. The molecule has 0 saturated carbocycles. The molecular formula is C13H19N3O. The number of ether oxygens (including phenoxy) is 1. The third-order valence-corrected chi connectivity index (χ3v) is 2.73. The summed E-state index contributed by atoms with van der Waals surface area (Å²) in [5.41, 5.74) is 0. The first-order chi connectivity index (χ1) is 8.28. The van der Waals surface area contributed by atoms with Crippen LogP contribution in [0.15, 0.2) is 18.2 Å². The highest BCUT2D eigenvalue weighted by Gasteiger charge is 2.11. The van der Waals surface area contributed by atoms with Gasteiger partial charge in [0.05, 0.1) is 6.61 Å². The summed E-state index contributed by atoms with van der Waals surface area (Å²) in [5.74, 6) is 2.25. The molecule has 1 aromatic heterocycles. The van der Waals surface area contributed by atoms with E-state index in [0.29, 0.717) is 18.5 Å². The van der Waals surface area contributed by atoms with Gasteiger partial charge in [-0.2, -0.15) is 4.98 Å². The van der Waals surface area contributed by atoms with Crippen LogP contribution in [0, 0.1) is 6.92 Å². The molecule has 1 unspecified atom stereocenters. The van der Waals surface area contributed by atoms with Crippen LogP contribution in [0.4, 0.5) is 5.82 Å². The Morgan fingerprint density at radius 3 is 3.00 bits per heavy atom. The van der Waals surface area contributed by atoms with Crippen LogP contribution in [0.5, 0.6) is 5.88 Å². The standard InChI is InChI=1S/C13H19N3O/c1-3-17-13-9-12(14-10(2)15-13)16-11-7-5-4-6-8-11/h4-5,9,11H,3,6-8H2,1-2H3,(H,14,15,16). The van der Waals surface area contributed by atoms with E-state index in [9.17, 15) is 0 Å². The van der Waals surface area contributed by atoms with Gasteiger partial charge in [-0.05, 0) is 33.1 Å². The predicted octanol–water partition coefficient (Wildman–Crippen LogP) is 2.70. The minimum absolute atomic E-state index is 0.476. The van der Waals surface area contributed by atoms with Crippen LogP contribution in [-0.2, 0) is 0 Å². The molecule has 0 spiro atoms. The maximum absolute atomic E-state index is 5.41. The van der Waals surface area contributed by atoms with Crippen LogP contribution in [0.1, 0.15) is 32.0 Å². The van der Waals surface area contributed by atoms with Crippen molar-refractivity contribution in [2.24, 2.45) is 0 Å². The minimum Gasteiger partial charge on any atom is -0.478 e. The molecule has 1 aromatic rings. The van der Waals surface area contributed by atoms with E-state index in [0.717, 1.165) is 30.9 Å². The van der Waals surface area contributed by atoms with Crippen LogP contribution in [0.2, 0.25) is 0 Å². The van der Waals surface area contributed by atoms with E-state index >= 15 is 0 Å². The Bertz CT molecular complexity index is 404. The molecule has 92 valence electrons. The van der Waals surface area contributed by atoms with E-state index in [1.807, 2.05) is 19.9 Å². The lowest BCUT2D eigenvalue weighted by molar-refractivity contribution is 0.325. The number of nitrogens with zero attached hydrogens (tertiary/aromatic N) is 2. The lowest BCUT2D eigenvalue weighted by Gasteiger charge is -2.20. The lowest BCUT2D eigenvalue weighted by Crippen LogP contribution is -2.21. The van der Waals surface area contributed by atoms with Crippen molar-refractivity contribution in [1.29, 1.82) is 0 Å². The Kier molecular flexibility index (Phi) is 3.96. The highest BCUT2D eigenvalue weighted by atomic mass is 16.5. The third kappa shape index (κ3) is 3.44. The first-order valence-corrected chi connectivity index (χ1v) is 6.18. The van der Waals surface area contributed by atoms with Gasteiger partial charge in [0, 0.05) is 12.1 Å². The van der Waals surface area contributed by atoms with Gasteiger partial charge in [0.25, 0.3) is 0 Å². The first-order valence-electron chi connectivity index (χ1n) is 6.18. The average molecular weight is 233 g/mol. The van der Waals surface area contributed by atoms with Crippen molar-refractivity contribution >= 4 is 5.82 Å².